The molecule has 0 radical (unpaired) electrons. The molecule has 1 heterocycles. The number of carbonyl (C=O) groups excluding carboxylic acids is 2. The van der Waals surface area contributed by atoms with Crippen LogP contribution in [0.3, 0.4) is 0 Å². The van der Waals surface area contributed by atoms with Crippen molar-refractivity contribution in [3.8, 4) is 5.75 Å². The standard InChI is InChI=1S/C18H26ClN3O6S/c1-4-27-16-7-6-14(12-15(16)19)29(25,26)20-13(3)17(23)21-8-10-22(11-9-21)18(24)28-5-2/h6-7,12-13,20H,4-5,8-11H2,1-3H3/t13-/m1/s1. The van der Waals surface area contributed by atoms with Gasteiger partial charge in [0.2, 0.25) is 15.9 Å². The van der Waals surface area contributed by atoms with Gasteiger partial charge in [-0.1, -0.05) is 11.6 Å². The molecule has 162 valence electrons. The van der Waals surface area contributed by atoms with Gasteiger partial charge in [0.15, 0.2) is 0 Å². The van der Waals surface area contributed by atoms with Crippen molar-refractivity contribution in [3.05, 3.63) is 23.2 Å². The molecule has 0 bridgehead atoms. The summed E-state index contributed by atoms with van der Waals surface area (Å²) in [5.41, 5.74) is 0. The van der Waals surface area contributed by atoms with Crippen LogP contribution in [0.1, 0.15) is 20.8 Å². The number of rotatable bonds is 7. The van der Waals surface area contributed by atoms with E-state index in [4.69, 9.17) is 21.1 Å². The van der Waals surface area contributed by atoms with Crippen molar-refractivity contribution in [3.63, 3.8) is 0 Å². The first-order chi connectivity index (χ1) is 13.7. The molecular weight excluding hydrogens is 422 g/mol. The average molecular weight is 448 g/mol. The third-order valence-corrected chi connectivity index (χ3v) is 6.17. The van der Waals surface area contributed by atoms with E-state index in [-0.39, 0.29) is 22.4 Å². The maximum Gasteiger partial charge on any atom is 0.409 e. The molecule has 29 heavy (non-hydrogen) atoms. The Labute approximate surface area is 175 Å². The zero-order valence-electron chi connectivity index (χ0n) is 16.7. The molecule has 1 aliphatic heterocycles. The maximum absolute atomic E-state index is 12.6. The van der Waals surface area contributed by atoms with Crippen molar-refractivity contribution in [1.29, 1.82) is 0 Å². The molecule has 2 rings (SSSR count). The van der Waals surface area contributed by atoms with Crippen LogP contribution in [0.2, 0.25) is 5.02 Å². The summed E-state index contributed by atoms with van der Waals surface area (Å²) < 4.78 is 37.9. The molecule has 0 saturated carbocycles. The van der Waals surface area contributed by atoms with E-state index in [0.717, 1.165) is 0 Å². The molecule has 1 atom stereocenters. The lowest BCUT2D eigenvalue weighted by molar-refractivity contribution is -0.134. The number of nitrogens with one attached hydrogen (secondary N) is 1. The van der Waals surface area contributed by atoms with Crippen molar-refractivity contribution in [1.82, 2.24) is 14.5 Å². The summed E-state index contributed by atoms with van der Waals surface area (Å²) in [5, 5.41) is 0.170. The second kappa shape index (κ2) is 10.1. The van der Waals surface area contributed by atoms with Gasteiger partial charge in [0.05, 0.1) is 29.2 Å². The maximum atomic E-state index is 12.6. The van der Waals surface area contributed by atoms with E-state index in [1.54, 1.807) is 13.8 Å². The topological polar surface area (TPSA) is 105 Å². The van der Waals surface area contributed by atoms with E-state index < -0.39 is 22.2 Å². The van der Waals surface area contributed by atoms with Gasteiger partial charge in [-0.3, -0.25) is 4.79 Å². The van der Waals surface area contributed by atoms with E-state index >= 15 is 0 Å². The second-order valence-corrected chi connectivity index (χ2v) is 8.50. The average Bonchev–Trinajstić information content (AvgIpc) is 2.69. The van der Waals surface area contributed by atoms with E-state index in [2.05, 4.69) is 4.72 Å². The van der Waals surface area contributed by atoms with Gasteiger partial charge in [0, 0.05) is 26.2 Å². The summed E-state index contributed by atoms with van der Waals surface area (Å²) >= 11 is 6.06. The molecule has 9 nitrogen and oxygen atoms in total. The van der Waals surface area contributed by atoms with Gasteiger partial charge in [-0.05, 0) is 39.0 Å². The van der Waals surface area contributed by atoms with Crippen LogP contribution in [-0.2, 0) is 19.6 Å². The number of hydrogen-bond donors (Lipinski definition) is 1. The van der Waals surface area contributed by atoms with Crippen LogP contribution in [0.4, 0.5) is 4.79 Å². The number of sulfonamides is 1. The Bertz CT molecular complexity index is 840. The van der Waals surface area contributed by atoms with Crippen LogP contribution in [0, 0.1) is 0 Å². The van der Waals surface area contributed by atoms with Crippen LogP contribution in [0.15, 0.2) is 23.1 Å². The Balaban J connectivity index is 1.98. The molecule has 1 saturated heterocycles. The fourth-order valence-corrected chi connectivity index (χ4v) is 4.39. The molecular formula is C18H26ClN3O6S. The number of hydrogen-bond acceptors (Lipinski definition) is 6. The summed E-state index contributed by atoms with van der Waals surface area (Å²) in [6, 6.07) is 3.15. The Hall–Kier alpha value is -2.04. The normalized spacial score (nSPS) is 15.7. The van der Waals surface area contributed by atoms with E-state index in [0.29, 0.717) is 38.5 Å². The Kier molecular flexibility index (Phi) is 8.12. The molecule has 1 aromatic carbocycles. The van der Waals surface area contributed by atoms with Gasteiger partial charge in [-0.15, -0.1) is 0 Å². The predicted octanol–water partition coefficient (Wildman–Crippen LogP) is 1.71. The van der Waals surface area contributed by atoms with Crippen LogP contribution in [0.25, 0.3) is 0 Å². The van der Waals surface area contributed by atoms with Crippen LogP contribution < -0.4 is 9.46 Å². The molecule has 2 amide bonds. The highest BCUT2D eigenvalue weighted by Crippen LogP contribution is 2.27. The van der Waals surface area contributed by atoms with E-state index in [9.17, 15) is 18.0 Å². The highest BCUT2D eigenvalue weighted by molar-refractivity contribution is 7.89. The number of piperazine rings is 1. The van der Waals surface area contributed by atoms with Crippen molar-refractivity contribution in [2.45, 2.75) is 31.7 Å². The van der Waals surface area contributed by atoms with Crippen molar-refractivity contribution in [2.75, 3.05) is 39.4 Å². The summed E-state index contributed by atoms with van der Waals surface area (Å²) in [5.74, 6) is 0.0193. The first kappa shape index (κ1) is 23.2. The van der Waals surface area contributed by atoms with Gasteiger partial charge >= 0.3 is 6.09 Å². The number of halogens is 1. The number of benzene rings is 1. The summed E-state index contributed by atoms with van der Waals surface area (Å²) in [6.07, 6.45) is -0.416. The zero-order valence-corrected chi connectivity index (χ0v) is 18.3. The van der Waals surface area contributed by atoms with Crippen molar-refractivity contribution in [2.24, 2.45) is 0 Å². The quantitative estimate of drug-likeness (QED) is 0.682. The van der Waals surface area contributed by atoms with Crippen LogP contribution in [0.5, 0.6) is 5.75 Å². The molecule has 1 aliphatic rings. The SMILES string of the molecule is CCOC(=O)N1CCN(C(=O)[C@@H](C)NS(=O)(=O)c2ccc(OCC)c(Cl)c2)CC1. The molecule has 0 aromatic heterocycles. The van der Waals surface area contributed by atoms with Gasteiger partial charge in [-0.25, -0.2) is 13.2 Å². The van der Waals surface area contributed by atoms with Crippen LogP contribution in [-0.4, -0.2) is 75.7 Å². The molecule has 0 aliphatic carbocycles. The van der Waals surface area contributed by atoms with Gasteiger partial charge < -0.3 is 19.3 Å². The lowest BCUT2D eigenvalue weighted by Crippen LogP contribution is -2.55. The molecule has 11 heteroatoms. The van der Waals surface area contributed by atoms with Gasteiger partial charge in [0.1, 0.15) is 5.75 Å². The fourth-order valence-electron chi connectivity index (χ4n) is 2.87. The number of ether oxygens (including phenoxy) is 2. The third kappa shape index (κ3) is 5.97. The van der Waals surface area contributed by atoms with Gasteiger partial charge in [0.25, 0.3) is 0 Å². The second-order valence-electron chi connectivity index (χ2n) is 6.38. The smallest absolute Gasteiger partial charge is 0.409 e. The fraction of sp³-hybridized carbons (Fsp3) is 0.556. The monoisotopic (exact) mass is 447 g/mol. The van der Waals surface area contributed by atoms with Crippen LogP contribution >= 0.6 is 11.6 Å². The Morgan fingerprint density at radius 3 is 2.31 bits per heavy atom. The number of carbonyl (C=O) groups is 2. The molecule has 1 aromatic rings. The Morgan fingerprint density at radius 1 is 1.14 bits per heavy atom. The minimum atomic E-state index is -3.95. The molecule has 0 spiro atoms. The molecule has 1 fully saturated rings. The lowest BCUT2D eigenvalue weighted by Gasteiger charge is -2.35. The summed E-state index contributed by atoms with van der Waals surface area (Å²) in [7, 11) is -3.95. The first-order valence-electron chi connectivity index (χ1n) is 9.34. The number of nitrogens with zero attached hydrogens (tertiary/aromatic N) is 2. The highest BCUT2D eigenvalue weighted by atomic mass is 35.5. The van der Waals surface area contributed by atoms with E-state index in [1.165, 1.54) is 34.9 Å². The third-order valence-electron chi connectivity index (χ3n) is 4.33. The van der Waals surface area contributed by atoms with E-state index in [1.807, 2.05) is 0 Å². The Morgan fingerprint density at radius 2 is 1.76 bits per heavy atom. The van der Waals surface area contributed by atoms with Gasteiger partial charge in [-0.2, -0.15) is 4.72 Å². The molecule has 0 unspecified atom stereocenters. The summed E-state index contributed by atoms with van der Waals surface area (Å²) in [6.45, 7) is 6.96. The predicted molar refractivity (Wildman–Crippen MR) is 108 cm³/mol. The largest absolute Gasteiger partial charge is 0.492 e. The highest BCUT2D eigenvalue weighted by Gasteiger charge is 2.30. The lowest BCUT2D eigenvalue weighted by atomic mass is 10.2. The first-order valence-corrected chi connectivity index (χ1v) is 11.2. The minimum Gasteiger partial charge on any atom is -0.492 e. The zero-order chi connectivity index (χ0) is 21.6. The minimum absolute atomic E-state index is 0.0577. The summed E-state index contributed by atoms with van der Waals surface area (Å²) in [4.78, 5) is 27.4. The molecule has 1 N–H and O–H groups in total. The van der Waals surface area contributed by atoms with Crippen molar-refractivity contribution < 1.29 is 27.5 Å². The van der Waals surface area contributed by atoms with Crippen molar-refractivity contribution >= 4 is 33.6 Å². The number of amides is 2.